The van der Waals surface area contributed by atoms with Gasteiger partial charge in [-0.1, -0.05) is 12.1 Å². The van der Waals surface area contributed by atoms with Crippen molar-refractivity contribution in [3.05, 3.63) is 24.3 Å². The Kier molecular flexibility index (Phi) is 1.73. The molecule has 0 N–H and O–H groups in total. The van der Waals surface area contributed by atoms with Gasteiger partial charge in [-0.3, -0.25) is 0 Å². The first kappa shape index (κ1) is 7.94. The molecule has 1 aliphatic rings. The average Bonchev–Trinajstić information content (AvgIpc) is 2.85. The fourth-order valence-electron chi connectivity index (χ4n) is 1.61. The van der Waals surface area contributed by atoms with Crippen LogP contribution in [0.2, 0.25) is 0 Å². The first-order valence-corrected chi connectivity index (χ1v) is 5.37. The molecule has 0 saturated heterocycles. The van der Waals surface area contributed by atoms with Crippen LogP contribution in [0.1, 0.15) is 6.42 Å². The molecule has 0 unspecified atom stereocenters. The van der Waals surface area contributed by atoms with E-state index in [2.05, 4.69) is 21.6 Å². The van der Waals surface area contributed by atoms with Crippen molar-refractivity contribution in [3.8, 4) is 0 Å². The summed E-state index contributed by atoms with van der Waals surface area (Å²) in [6.07, 6.45) is 2.96. The molecule has 3 nitrogen and oxygen atoms in total. The summed E-state index contributed by atoms with van der Waals surface area (Å²) in [5, 5.41) is 7.46. The molecule has 0 spiro atoms. The van der Waals surface area contributed by atoms with Crippen LogP contribution in [-0.4, -0.2) is 17.1 Å². The second-order valence-electron chi connectivity index (χ2n) is 3.21. The largest absolute Gasteiger partial charge is 0.246 e. The fraction of sp³-hybridized carbons (Fsp3) is 0.200. The van der Waals surface area contributed by atoms with Gasteiger partial charge in [0.25, 0.3) is 0 Å². The molecule has 1 aromatic carbocycles. The quantitative estimate of drug-likeness (QED) is 0.712. The number of fused-ring (bicyclic) bond motifs is 1. The van der Waals surface area contributed by atoms with Crippen LogP contribution in [0, 0.1) is 0 Å². The van der Waals surface area contributed by atoms with E-state index in [1.165, 1.54) is 21.6 Å². The number of hydrazone groups is 1. The highest BCUT2D eigenvalue weighted by Gasteiger charge is 2.14. The van der Waals surface area contributed by atoms with E-state index in [9.17, 15) is 0 Å². The van der Waals surface area contributed by atoms with Crippen LogP contribution in [0.4, 0.5) is 5.82 Å². The standard InChI is InChI=1S/C10H9N3S/c1-2-5-9-8(4-1)10(12-14-9)13-7-3-6-11-13/h1-2,4-6H,3,7H2. The van der Waals surface area contributed by atoms with Crippen LogP contribution in [0.25, 0.3) is 10.1 Å². The van der Waals surface area contributed by atoms with E-state index < -0.39 is 0 Å². The van der Waals surface area contributed by atoms with Crippen LogP contribution in [-0.2, 0) is 0 Å². The highest BCUT2D eigenvalue weighted by molar-refractivity contribution is 7.13. The molecular weight excluding hydrogens is 194 g/mol. The van der Waals surface area contributed by atoms with Gasteiger partial charge in [-0.25, -0.2) is 5.01 Å². The molecule has 70 valence electrons. The third-order valence-electron chi connectivity index (χ3n) is 2.29. The Labute approximate surface area is 85.8 Å². The summed E-state index contributed by atoms with van der Waals surface area (Å²) in [7, 11) is 0. The van der Waals surface area contributed by atoms with Gasteiger partial charge in [0.05, 0.1) is 4.70 Å². The number of rotatable bonds is 1. The van der Waals surface area contributed by atoms with Crippen molar-refractivity contribution < 1.29 is 0 Å². The second-order valence-corrected chi connectivity index (χ2v) is 4.02. The maximum absolute atomic E-state index is 4.43. The van der Waals surface area contributed by atoms with Gasteiger partial charge in [0, 0.05) is 24.6 Å². The first-order chi connectivity index (χ1) is 6.95. The van der Waals surface area contributed by atoms with Crippen LogP contribution in [0.5, 0.6) is 0 Å². The van der Waals surface area contributed by atoms with E-state index in [0.717, 1.165) is 18.8 Å². The summed E-state index contributed by atoms with van der Waals surface area (Å²) in [5.41, 5.74) is 0. The highest BCUT2D eigenvalue weighted by atomic mass is 32.1. The van der Waals surface area contributed by atoms with E-state index in [1.54, 1.807) is 0 Å². The third-order valence-corrected chi connectivity index (χ3v) is 3.11. The van der Waals surface area contributed by atoms with Gasteiger partial charge < -0.3 is 0 Å². The normalized spacial score (nSPS) is 15.6. The topological polar surface area (TPSA) is 28.5 Å². The number of aromatic nitrogens is 1. The molecule has 0 fully saturated rings. The molecule has 0 atom stereocenters. The zero-order valence-corrected chi connectivity index (χ0v) is 8.37. The predicted molar refractivity (Wildman–Crippen MR) is 60.1 cm³/mol. The molecule has 2 aromatic rings. The van der Waals surface area contributed by atoms with Crippen molar-refractivity contribution in [3.63, 3.8) is 0 Å². The summed E-state index contributed by atoms with van der Waals surface area (Å²) in [6, 6.07) is 8.27. The van der Waals surface area contributed by atoms with E-state index in [-0.39, 0.29) is 0 Å². The minimum absolute atomic E-state index is 0.952. The van der Waals surface area contributed by atoms with Crippen molar-refractivity contribution in [1.29, 1.82) is 0 Å². The zero-order valence-electron chi connectivity index (χ0n) is 7.55. The highest BCUT2D eigenvalue weighted by Crippen LogP contribution is 2.30. The molecule has 4 heteroatoms. The Balaban J connectivity index is 2.16. The molecule has 1 aliphatic heterocycles. The molecule has 0 bridgehead atoms. The third kappa shape index (κ3) is 1.11. The average molecular weight is 203 g/mol. The molecule has 0 amide bonds. The monoisotopic (exact) mass is 203 g/mol. The van der Waals surface area contributed by atoms with Crippen molar-refractivity contribution >= 4 is 33.7 Å². The summed E-state index contributed by atoms with van der Waals surface area (Å²) >= 11 is 1.54. The maximum Gasteiger partial charge on any atom is 0.170 e. The molecule has 14 heavy (non-hydrogen) atoms. The predicted octanol–water partition coefficient (Wildman–Crippen LogP) is 2.49. The molecule has 0 saturated carbocycles. The zero-order chi connectivity index (χ0) is 9.38. The summed E-state index contributed by atoms with van der Waals surface area (Å²) in [6.45, 7) is 0.952. The van der Waals surface area contributed by atoms with Crippen molar-refractivity contribution in [2.45, 2.75) is 6.42 Å². The summed E-state index contributed by atoms with van der Waals surface area (Å²) < 4.78 is 5.66. The number of benzene rings is 1. The lowest BCUT2D eigenvalue weighted by Gasteiger charge is -2.09. The van der Waals surface area contributed by atoms with Crippen molar-refractivity contribution in [2.75, 3.05) is 11.6 Å². The number of anilines is 1. The van der Waals surface area contributed by atoms with Gasteiger partial charge in [-0.15, -0.1) is 0 Å². The SMILES string of the molecule is C1=NN(c2nsc3ccccc23)CC1. The van der Waals surface area contributed by atoms with E-state index >= 15 is 0 Å². The van der Waals surface area contributed by atoms with Gasteiger partial charge in [0.1, 0.15) is 0 Å². The van der Waals surface area contributed by atoms with Gasteiger partial charge >= 0.3 is 0 Å². The number of nitrogens with zero attached hydrogens (tertiary/aromatic N) is 3. The Morgan fingerprint density at radius 1 is 1.29 bits per heavy atom. The summed E-state index contributed by atoms with van der Waals surface area (Å²) in [4.78, 5) is 0. The molecule has 1 aromatic heterocycles. The number of hydrogen-bond donors (Lipinski definition) is 0. The van der Waals surface area contributed by atoms with Crippen molar-refractivity contribution in [2.24, 2.45) is 5.10 Å². The Morgan fingerprint density at radius 3 is 3.07 bits per heavy atom. The first-order valence-electron chi connectivity index (χ1n) is 4.59. The van der Waals surface area contributed by atoms with E-state index in [4.69, 9.17) is 0 Å². The lowest BCUT2D eigenvalue weighted by Crippen LogP contribution is -2.12. The lowest BCUT2D eigenvalue weighted by atomic mass is 10.2. The second kappa shape index (κ2) is 3.06. The van der Waals surface area contributed by atoms with Crippen LogP contribution in [0.15, 0.2) is 29.4 Å². The smallest absolute Gasteiger partial charge is 0.170 e. The Bertz CT molecular complexity index is 489. The van der Waals surface area contributed by atoms with Crippen LogP contribution in [0.3, 0.4) is 0 Å². The van der Waals surface area contributed by atoms with Crippen molar-refractivity contribution in [1.82, 2.24) is 4.37 Å². The molecule has 2 heterocycles. The van der Waals surface area contributed by atoms with Gasteiger partial charge in [0.15, 0.2) is 5.82 Å². The van der Waals surface area contributed by atoms with E-state index in [0.29, 0.717) is 0 Å². The molecular formula is C10H9N3S. The minimum Gasteiger partial charge on any atom is -0.246 e. The maximum atomic E-state index is 4.43. The molecule has 0 aliphatic carbocycles. The van der Waals surface area contributed by atoms with Crippen LogP contribution < -0.4 is 5.01 Å². The lowest BCUT2D eigenvalue weighted by molar-refractivity contribution is 0.913. The molecule has 0 radical (unpaired) electrons. The Morgan fingerprint density at radius 2 is 2.21 bits per heavy atom. The van der Waals surface area contributed by atoms with E-state index in [1.807, 2.05) is 23.4 Å². The number of hydrogen-bond acceptors (Lipinski definition) is 4. The molecule has 3 rings (SSSR count). The van der Waals surface area contributed by atoms with Gasteiger partial charge in [-0.2, -0.15) is 9.47 Å². The minimum atomic E-state index is 0.952. The fourth-order valence-corrected chi connectivity index (χ4v) is 2.39. The van der Waals surface area contributed by atoms with Crippen LogP contribution >= 0.6 is 11.5 Å². The summed E-state index contributed by atoms with van der Waals surface area (Å²) in [5.74, 6) is 0.999. The van der Waals surface area contributed by atoms with Gasteiger partial charge in [-0.05, 0) is 23.7 Å². The Hall–Kier alpha value is -1.42. The van der Waals surface area contributed by atoms with Gasteiger partial charge in [0.2, 0.25) is 0 Å².